The van der Waals surface area contributed by atoms with E-state index in [-0.39, 0.29) is 10.6 Å². The van der Waals surface area contributed by atoms with E-state index < -0.39 is 0 Å². The number of halogens is 1. The van der Waals surface area contributed by atoms with Gasteiger partial charge in [0.1, 0.15) is 0 Å². The molecule has 0 heterocycles. The Bertz CT molecular complexity index is 493. The van der Waals surface area contributed by atoms with E-state index in [4.69, 9.17) is 0 Å². The normalized spacial score (nSPS) is 22.2. The summed E-state index contributed by atoms with van der Waals surface area (Å²) >= 11 is 3.34. The van der Waals surface area contributed by atoms with Crippen LogP contribution in [-0.4, -0.2) is 11.5 Å². The lowest BCUT2D eigenvalue weighted by Gasteiger charge is -2.26. The standard InChI is InChI=1S/C16H23BrN2O2/c1-12-4-2-5-13(10-12)8-9-18-11-14-6-3-7-15(16(14)17)19(20)21/h3,6-7,12-13,18H,2,4-5,8-11H2,1H3. The first kappa shape index (κ1) is 16.4. The highest BCUT2D eigenvalue weighted by Crippen LogP contribution is 2.30. The van der Waals surface area contributed by atoms with Crippen LogP contribution in [-0.2, 0) is 6.54 Å². The summed E-state index contributed by atoms with van der Waals surface area (Å²) in [5, 5.41) is 14.3. The Labute approximate surface area is 134 Å². The molecule has 1 N–H and O–H groups in total. The van der Waals surface area contributed by atoms with E-state index in [0.29, 0.717) is 11.0 Å². The largest absolute Gasteiger partial charge is 0.313 e. The van der Waals surface area contributed by atoms with Crippen LogP contribution < -0.4 is 5.32 Å². The highest BCUT2D eigenvalue weighted by molar-refractivity contribution is 9.10. The fourth-order valence-corrected chi connectivity index (χ4v) is 3.74. The van der Waals surface area contributed by atoms with Crippen LogP contribution >= 0.6 is 15.9 Å². The van der Waals surface area contributed by atoms with Crippen LogP contribution in [0.15, 0.2) is 22.7 Å². The van der Waals surface area contributed by atoms with Crippen molar-refractivity contribution in [3.05, 3.63) is 38.3 Å². The number of nitrogens with zero attached hydrogens (tertiary/aromatic N) is 1. The Morgan fingerprint density at radius 3 is 2.95 bits per heavy atom. The van der Waals surface area contributed by atoms with Crippen molar-refractivity contribution in [2.24, 2.45) is 11.8 Å². The van der Waals surface area contributed by atoms with Crippen LogP contribution in [0, 0.1) is 22.0 Å². The van der Waals surface area contributed by atoms with Gasteiger partial charge in [0.05, 0.1) is 9.40 Å². The van der Waals surface area contributed by atoms with Gasteiger partial charge >= 0.3 is 0 Å². The minimum absolute atomic E-state index is 0.135. The van der Waals surface area contributed by atoms with E-state index in [1.54, 1.807) is 6.07 Å². The molecule has 1 aromatic carbocycles. The maximum atomic E-state index is 10.9. The van der Waals surface area contributed by atoms with E-state index in [1.807, 2.05) is 6.07 Å². The maximum absolute atomic E-state index is 10.9. The van der Waals surface area contributed by atoms with Crippen molar-refractivity contribution in [3.63, 3.8) is 0 Å². The Balaban J connectivity index is 1.78. The minimum atomic E-state index is -0.350. The summed E-state index contributed by atoms with van der Waals surface area (Å²) < 4.78 is 0.591. The monoisotopic (exact) mass is 354 g/mol. The van der Waals surface area contributed by atoms with Gasteiger partial charge in [0.2, 0.25) is 0 Å². The van der Waals surface area contributed by atoms with Gasteiger partial charge in [-0.2, -0.15) is 0 Å². The molecule has 1 fully saturated rings. The van der Waals surface area contributed by atoms with Gasteiger partial charge in [-0.05, 0) is 52.7 Å². The summed E-state index contributed by atoms with van der Waals surface area (Å²) in [4.78, 5) is 10.5. The lowest BCUT2D eigenvalue weighted by Crippen LogP contribution is -2.21. The zero-order valence-corrected chi connectivity index (χ0v) is 14.1. The topological polar surface area (TPSA) is 55.2 Å². The zero-order chi connectivity index (χ0) is 15.2. The van der Waals surface area contributed by atoms with Crippen molar-refractivity contribution in [2.75, 3.05) is 6.54 Å². The third kappa shape index (κ3) is 4.78. The molecule has 2 rings (SSSR count). The number of hydrogen-bond donors (Lipinski definition) is 1. The number of nitro benzene ring substituents is 1. The van der Waals surface area contributed by atoms with Crippen LogP contribution in [0.2, 0.25) is 0 Å². The molecule has 0 radical (unpaired) electrons. The minimum Gasteiger partial charge on any atom is -0.313 e. The van der Waals surface area contributed by atoms with Crippen molar-refractivity contribution >= 4 is 21.6 Å². The van der Waals surface area contributed by atoms with Gasteiger partial charge in [0.25, 0.3) is 5.69 Å². The molecule has 0 spiro atoms. The fraction of sp³-hybridized carbons (Fsp3) is 0.625. The van der Waals surface area contributed by atoms with Gasteiger partial charge in [-0.25, -0.2) is 0 Å². The van der Waals surface area contributed by atoms with Crippen molar-refractivity contribution in [1.82, 2.24) is 5.32 Å². The van der Waals surface area contributed by atoms with Gasteiger partial charge in [0, 0.05) is 12.6 Å². The van der Waals surface area contributed by atoms with Gasteiger partial charge in [-0.15, -0.1) is 0 Å². The highest BCUT2D eigenvalue weighted by Gasteiger charge is 2.18. The molecule has 5 heteroatoms. The first-order valence-electron chi connectivity index (χ1n) is 7.70. The van der Waals surface area contributed by atoms with Gasteiger partial charge in [-0.3, -0.25) is 10.1 Å². The summed E-state index contributed by atoms with van der Waals surface area (Å²) in [5.74, 6) is 1.71. The smallest absolute Gasteiger partial charge is 0.283 e. The number of hydrogen-bond acceptors (Lipinski definition) is 3. The first-order valence-corrected chi connectivity index (χ1v) is 8.49. The molecule has 0 saturated heterocycles. The second-order valence-corrected chi connectivity index (χ2v) is 6.90. The Hall–Kier alpha value is -0.940. The third-order valence-corrected chi connectivity index (χ3v) is 5.26. The zero-order valence-electron chi connectivity index (χ0n) is 12.5. The van der Waals surface area contributed by atoms with Crippen LogP contribution in [0.1, 0.15) is 44.6 Å². The molecule has 2 unspecified atom stereocenters. The lowest BCUT2D eigenvalue weighted by atomic mass is 9.81. The lowest BCUT2D eigenvalue weighted by molar-refractivity contribution is -0.385. The molecule has 1 saturated carbocycles. The molecule has 1 aromatic rings. The summed E-state index contributed by atoms with van der Waals surface area (Å²) in [5.41, 5.74) is 1.08. The number of nitrogens with one attached hydrogen (secondary N) is 1. The van der Waals surface area contributed by atoms with Crippen LogP contribution in [0.25, 0.3) is 0 Å². The summed E-state index contributed by atoms with van der Waals surface area (Å²) in [7, 11) is 0. The second-order valence-electron chi connectivity index (χ2n) is 6.11. The molecule has 0 bridgehead atoms. The molecule has 1 aliphatic carbocycles. The molecule has 0 amide bonds. The molecule has 0 aromatic heterocycles. The molecule has 116 valence electrons. The Kier molecular flexibility index (Phi) is 6.18. The van der Waals surface area contributed by atoms with E-state index in [0.717, 1.165) is 23.9 Å². The maximum Gasteiger partial charge on any atom is 0.283 e. The molecule has 1 aliphatic rings. The predicted octanol–water partition coefficient (Wildman–Crippen LogP) is 4.66. The van der Waals surface area contributed by atoms with Gasteiger partial charge < -0.3 is 5.32 Å². The van der Waals surface area contributed by atoms with Crippen LogP contribution in [0.3, 0.4) is 0 Å². The van der Waals surface area contributed by atoms with E-state index >= 15 is 0 Å². The second kappa shape index (κ2) is 7.90. The molecular weight excluding hydrogens is 332 g/mol. The summed E-state index contributed by atoms with van der Waals surface area (Å²) in [6.45, 7) is 4.00. The number of rotatable bonds is 6. The van der Waals surface area contributed by atoms with Crippen LogP contribution in [0.5, 0.6) is 0 Å². The van der Waals surface area contributed by atoms with Crippen molar-refractivity contribution in [2.45, 2.75) is 45.6 Å². The predicted molar refractivity (Wildman–Crippen MR) is 88.2 cm³/mol. The van der Waals surface area contributed by atoms with E-state index in [2.05, 4.69) is 28.2 Å². The van der Waals surface area contributed by atoms with E-state index in [9.17, 15) is 10.1 Å². The highest BCUT2D eigenvalue weighted by atomic mass is 79.9. The first-order chi connectivity index (χ1) is 10.1. The van der Waals surface area contributed by atoms with Crippen molar-refractivity contribution < 1.29 is 4.92 Å². The molecule has 21 heavy (non-hydrogen) atoms. The summed E-state index contributed by atoms with van der Waals surface area (Å²) in [6.07, 6.45) is 6.65. The average molecular weight is 355 g/mol. The third-order valence-electron chi connectivity index (χ3n) is 4.34. The molecule has 2 atom stereocenters. The van der Waals surface area contributed by atoms with Crippen molar-refractivity contribution in [3.8, 4) is 0 Å². The average Bonchev–Trinajstić information content (AvgIpc) is 2.45. The van der Waals surface area contributed by atoms with Crippen molar-refractivity contribution in [1.29, 1.82) is 0 Å². The number of nitro groups is 1. The van der Waals surface area contributed by atoms with Crippen LogP contribution in [0.4, 0.5) is 5.69 Å². The summed E-state index contributed by atoms with van der Waals surface area (Å²) in [6, 6.07) is 5.19. The molecule has 4 nitrogen and oxygen atoms in total. The Morgan fingerprint density at radius 1 is 1.43 bits per heavy atom. The quantitative estimate of drug-likeness (QED) is 0.459. The number of benzene rings is 1. The van der Waals surface area contributed by atoms with Gasteiger partial charge in [-0.1, -0.05) is 38.3 Å². The molecule has 0 aliphatic heterocycles. The fourth-order valence-electron chi connectivity index (χ4n) is 3.19. The molecular formula is C16H23BrN2O2. The van der Waals surface area contributed by atoms with E-state index in [1.165, 1.54) is 38.2 Å². The Morgan fingerprint density at radius 2 is 2.24 bits per heavy atom. The van der Waals surface area contributed by atoms with Gasteiger partial charge in [0.15, 0.2) is 0 Å². The SMILES string of the molecule is CC1CCCC(CCNCc2cccc([N+](=O)[O-])c2Br)C1.